The molecule has 0 spiro atoms. The lowest BCUT2D eigenvalue weighted by atomic mass is 10.00. The van der Waals surface area contributed by atoms with Gasteiger partial charge in [0.15, 0.2) is 0 Å². The Kier molecular flexibility index (Phi) is 3.74. The summed E-state index contributed by atoms with van der Waals surface area (Å²) < 4.78 is 0. The van der Waals surface area contributed by atoms with E-state index in [1.807, 2.05) is 12.3 Å². The van der Waals surface area contributed by atoms with Crippen molar-refractivity contribution in [2.75, 3.05) is 0 Å². The SMILES string of the molecule is CCC(C(C)C)N1C=CC=N/C1=C/N. The number of nitrogens with two attached hydrogens (primary N) is 1. The van der Waals surface area contributed by atoms with Crippen LogP contribution in [0.3, 0.4) is 0 Å². The zero-order valence-corrected chi connectivity index (χ0v) is 9.14. The molecule has 3 heteroatoms. The van der Waals surface area contributed by atoms with E-state index in [9.17, 15) is 0 Å². The van der Waals surface area contributed by atoms with Crippen LogP contribution in [0.25, 0.3) is 0 Å². The van der Waals surface area contributed by atoms with Gasteiger partial charge in [0.2, 0.25) is 0 Å². The molecule has 0 aliphatic carbocycles. The molecule has 1 unspecified atom stereocenters. The second-order valence-electron chi connectivity index (χ2n) is 3.77. The Hall–Kier alpha value is -1.25. The first-order chi connectivity index (χ1) is 6.70. The molecule has 1 heterocycles. The molecule has 1 aliphatic rings. The Labute approximate surface area is 86.0 Å². The van der Waals surface area contributed by atoms with Crippen LogP contribution in [-0.4, -0.2) is 17.2 Å². The van der Waals surface area contributed by atoms with Crippen molar-refractivity contribution in [1.29, 1.82) is 0 Å². The summed E-state index contributed by atoms with van der Waals surface area (Å²) >= 11 is 0. The zero-order valence-electron chi connectivity index (χ0n) is 9.14. The number of allylic oxidation sites excluding steroid dienone is 1. The Morgan fingerprint density at radius 3 is 2.79 bits per heavy atom. The molecule has 0 aromatic rings. The summed E-state index contributed by atoms with van der Waals surface area (Å²) in [4.78, 5) is 6.37. The number of nitrogens with zero attached hydrogens (tertiary/aromatic N) is 2. The first kappa shape index (κ1) is 10.8. The van der Waals surface area contributed by atoms with E-state index in [-0.39, 0.29) is 0 Å². The third-order valence-electron chi connectivity index (χ3n) is 2.50. The molecule has 0 saturated carbocycles. The van der Waals surface area contributed by atoms with Crippen molar-refractivity contribution in [1.82, 2.24) is 4.90 Å². The maximum absolute atomic E-state index is 5.53. The maximum atomic E-state index is 5.53. The molecule has 0 aromatic carbocycles. The van der Waals surface area contributed by atoms with Gasteiger partial charge in [0.25, 0.3) is 0 Å². The van der Waals surface area contributed by atoms with Gasteiger partial charge >= 0.3 is 0 Å². The summed E-state index contributed by atoms with van der Waals surface area (Å²) in [7, 11) is 0. The topological polar surface area (TPSA) is 41.6 Å². The van der Waals surface area contributed by atoms with Crippen LogP contribution >= 0.6 is 0 Å². The maximum Gasteiger partial charge on any atom is 0.148 e. The molecule has 3 nitrogen and oxygen atoms in total. The van der Waals surface area contributed by atoms with Gasteiger partial charge < -0.3 is 10.6 Å². The molecule has 1 aliphatic heterocycles. The van der Waals surface area contributed by atoms with E-state index in [0.29, 0.717) is 12.0 Å². The van der Waals surface area contributed by atoms with Crippen molar-refractivity contribution in [3.63, 3.8) is 0 Å². The minimum atomic E-state index is 0.471. The fourth-order valence-electron chi connectivity index (χ4n) is 1.79. The van der Waals surface area contributed by atoms with E-state index in [0.717, 1.165) is 12.2 Å². The van der Waals surface area contributed by atoms with E-state index < -0.39 is 0 Å². The highest BCUT2D eigenvalue weighted by Gasteiger charge is 2.20. The largest absolute Gasteiger partial charge is 0.402 e. The highest BCUT2D eigenvalue weighted by Crippen LogP contribution is 2.21. The number of rotatable bonds is 3. The highest BCUT2D eigenvalue weighted by molar-refractivity contribution is 5.73. The van der Waals surface area contributed by atoms with Gasteiger partial charge in [-0.2, -0.15) is 0 Å². The Bertz CT molecular complexity index is 264. The van der Waals surface area contributed by atoms with Crippen molar-refractivity contribution in [3.05, 3.63) is 24.3 Å². The monoisotopic (exact) mass is 193 g/mol. The molecule has 0 amide bonds. The molecule has 0 fully saturated rings. The van der Waals surface area contributed by atoms with E-state index in [1.54, 1.807) is 12.4 Å². The Balaban J connectivity index is 2.84. The minimum Gasteiger partial charge on any atom is -0.402 e. The first-order valence-electron chi connectivity index (χ1n) is 5.11. The summed E-state index contributed by atoms with van der Waals surface area (Å²) in [6, 6.07) is 0.471. The lowest BCUT2D eigenvalue weighted by Crippen LogP contribution is -2.34. The molecule has 14 heavy (non-hydrogen) atoms. The van der Waals surface area contributed by atoms with Crippen LogP contribution < -0.4 is 5.73 Å². The van der Waals surface area contributed by atoms with Gasteiger partial charge in [-0.1, -0.05) is 20.8 Å². The molecule has 1 atom stereocenters. The van der Waals surface area contributed by atoms with Crippen molar-refractivity contribution >= 4 is 6.21 Å². The summed E-state index contributed by atoms with van der Waals surface area (Å²) in [6.45, 7) is 6.62. The van der Waals surface area contributed by atoms with Crippen LogP contribution in [0.2, 0.25) is 0 Å². The van der Waals surface area contributed by atoms with Gasteiger partial charge in [-0.05, 0) is 18.4 Å². The van der Waals surface area contributed by atoms with Gasteiger partial charge in [0, 0.05) is 24.7 Å². The normalized spacial score (nSPS) is 20.9. The summed E-state index contributed by atoms with van der Waals surface area (Å²) in [6.07, 6.45) is 8.40. The van der Waals surface area contributed by atoms with E-state index in [1.165, 1.54) is 0 Å². The van der Waals surface area contributed by atoms with Gasteiger partial charge in [-0.15, -0.1) is 0 Å². The second-order valence-corrected chi connectivity index (χ2v) is 3.77. The average Bonchev–Trinajstić information content (AvgIpc) is 2.19. The van der Waals surface area contributed by atoms with Crippen LogP contribution in [0.15, 0.2) is 29.3 Å². The van der Waals surface area contributed by atoms with Crippen LogP contribution in [0.5, 0.6) is 0 Å². The fraction of sp³-hybridized carbons (Fsp3) is 0.545. The van der Waals surface area contributed by atoms with Gasteiger partial charge in [-0.25, -0.2) is 4.99 Å². The van der Waals surface area contributed by atoms with Gasteiger partial charge in [0.05, 0.1) is 0 Å². The van der Waals surface area contributed by atoms with Crippen LogP contribution in [-0.2, 0) is 0 Å². The van der Waals surface area contributed by atoms with E-state index in [4.69, 9.17) is 5.73 Å². The summed E-state index contributed by atoms with van der Waals surface area (Å²) in [5.74, 6) is 1.43. The van der Waals surface area contributed by atoms with Crippen molar-refractivity contribution in [3.8, 4) is 0 Å². The number of aliphatic imine (C=N–C) groups is 1. The molecular formula is C11H19N3. The minimum absolute atomic E-state index is 0.471. The van der Waals surface area contributed by atoms with Crippen molar-refractivity contribution in [2.24, 2.45) is 16.6 Å². The van der Waals surface area contributed by atoms with Crippen molar-refractivity contribution in [2.45, 2.75) is 33.2 Å². The summed E-state index contributed by atoms with van der Waals surface area (Å²) in [5.41, 5.74) is 5.53. The van der Waals surface area contributed by atoms with Gasteiger partial charge in [-0.3, -0.25) is 0 Å². The molecule has 0 aromatic heterocycles. The third-order valence-corrected chi connectivity index (χ3v) is 2.50. The Morgan fingerprint density at radius 1 is 1.57 bits per heavy atom. The third kappa shape index (κ3) is 2.16. The fourth-order valence-corrected chi connectivity index (χ4v) is 1.79. The zero-order chi connectivity index (χ0) is 10.6. The Morgan fingerprint density at radius 2 is 2.29 bits per heavy atom. The highest BCUT2D eigenvalue weighted by atomic mass is 15.2. The quantitative estimate of drug-likeness (QED) is 0.745. The lowest BCUT2D eigenvalue weighted by molar-refractivity contribution is 0.255. The first-order valence-corrected chi connectivity index (χ1v) is 5.11. The average molecular weight is 193 g/mol. The number of hydrogen-bond donors (Lipinski definition) is 1. The van der Waals surface area contributed by atoms with Crippen LogP contribution in [0.4, 0.5) is 0 Å². The van der Waals surface area contributed by atoms with Crippen LogP contribution in [0, 0.1) is 5.92 Å². The van der Waals surface area contributed by atoms with E-state index in [2.05, 4.69) is 30.7 Å². The lowest BCUT2D eigenvalue weighted by Gasteiger charge is -2.33. The molecule has 78 valence electrons. The number of hydrogen-bond acceptors (Lipinski definition) is 3. The predicted molar refractivity (Wildman–Crippen MR) is 60.7 cm³/mol. The predicted octanol–water partition coefficient (Wildman–Crippen LogP) is 2.08. The smallest absolute Gasteiger partial charge is 0.148 e. The molecule has 1 rings (SSSR count). The summed E-state index contributed by atoms with van der Waals surface area (Å²) in [5, 5.41) is 0. The standard InChI is InChI=1S/C11H19N3/c1-4-10(9(2)3)14-7-5-6-13-11(14)8-12/h5-10H,4,12H2,1-3H3/b11-8-. The van der Waals surface area contributed by atoms with Crippen LogP contribution in [0.1, 0.15) is 27.2 Å². The van der Waals surface area contributed by atoms with Crippen molar-refractivity contribution < 1.29 is 0 Å². The molecule has 0 bridgehead atoms. The van der Waals surface area contributed by atoms with Gasteiger partial charge in [0.1, 0.15) is 5.82 Å². The molecule has 0 radical (unpaired) electrons. The van der Waals surface area contributed by atoms with E-state index >= 15 is 0 Å². The molecular weight excluding hydrogens is 174 g/mol. The molecule has 2 N–H and O–H groups in total. The second kappa shape index (κ2) is 4.84. The molecule has 0 saturated heterocycles.